The second kappa shape index (κ2) is 5.83. The number of oxazole rings is 1. The predicted molar refractivity (Wildman–Crippen MR) is 83.4 cm³/mol. The summed E-state index contributed by atoms with van der Waals surface area (Å²) < 4.78 is 66.7. The van der Waals surface area contributed by atoms with Crippen molar-refractivity contribution in [2.24, 2.45) is 0 Å². The molecule has 0 fully saturated rings. The number of hydrogen-bond donors (Lipinski definition) is 2. The Morgan fingerprint density at radius 3 is 2.60 bits per heavy atom. The molecule has 7 nitrogen and oxygen atoms in total. The molecule has 1 aromatic heterocycles. The van der Waals surface area contributed by atoms with Crippen LogP contribution in [0.2, 0.25) is 0 Å². The van der Waals surface area contributed by atoms with Gasteiger partial charge in [0.05, 0.1) is 5.56 Å². The Morgan fingerprint density at radius 1 is 1.28 bits per heavy atom. The first-order chi connectivity index (χ1) is 11.6. The monoisotopic (exact) mass is 369 g/mol. The molecule has 10 heteroatoms. The number of aromatic nitrogens is 1. The van der Waals surface area contributed by atoms with Crippen LogP contribution >= 0.6 is 0 Å². The van der Waals surface area contributed by atoms with Gasteiger partial charge in [0.1, 0.15) is 17.1 Å². The maximum absolute atomic E-state index is 13.9. The lowest BCUT2D eigenvalue weighted by atomic mass is 10.1. The molecule has 0 atom stereocenters. The molecule has 25 heavy (non-hydrogen) atoms. The maximum Gasteiger partial charge on any atom is 0.446 e. The van der Waals surface area contributed by atoms with Crippen molar-refractivity contribution < 1.29 is 35.5 Å². The summed E-state index contributed by atoms with van der Waals surface area (Å²) in [7, 11) is -4.88. The second-order valence-corrected chi connectivity index (χ2v) is 5.94. The van der Waals surface area contributed by atoms with Crippen molar-refractivity contribution in [1.29, 1.82) is 0 Å². The highest BCUT2D eigenvalue weighted by Gasteiger charge is 2.18. The van der Waals surface area contributed by atoms with Gasteiger partial charge in [0, 0.05) is 11.6 Å². The van der Waals surface area contributed by atoms with E-state index in [1.807, 2.05) is 0 Å². The van der Waals surface area contributed by atoms with Gasteiger partial charge in [-0.1, -0.05) is 6.58 Å². The predicted octanol–water partition coefficient (Wildman–Crippen LogP) is 3.46. The van der Waals surface area contributed by atoms with Crippen molar-refractivity contribution >= 4 is 27.3 Å². The number of phenols is 1. The summed E-state index contributed by atoms with van der Waals surface area (Å²) in [4.78, 5) is 4.02. The Hall–Kier alpha value is -2.98. The SMILES string of the molecule is C=C(F)c1cc(O)cc2nc(-c3ccc(OS(=O)(=O)O)c(F)c3)oc12. The van der Waals surface area contributed by atoms with Crippen molar-refractivity contribution in [3.63, 3.8) is 0 Å². The molecule has 2 N–H and O–H groups in total. The highest BCUT2D eigenvalue weighted by atomic mass is 32.3. The first-order valence-corrected chi connectivity index (χ1v) is 7.96. The van der Waals surface area contributed by atoms with Crippen LogP contribution in [0.15, 0.2) is 41.3 Å². The highest BCUT2D eigenvalue weighted by molar-refractivity contribution is 7.81. The number of fused-ring (bicyclic) bond motifs is 1. The number of nitrogens with zero attached hydrogens (tertiary/aromatic N) is 1. The smallest absolute Gasteiger partial charge is 0.446 e. The summed E-state index contributed by atoms with van der Waals surface area (Å²) in [6.45, 7) is 3.14. The molecule has 0 unspecified atom stereocenters. The fourth-order valence-corrected chi connectivity index (χ4v) is 2.52. The van der Waals surface area contributed by atoms with E-state index in [0.29, 0.717) is 0 Å². The number of rotatable bonds is 4. The topological polar surface area (TPSA) is 110 Å². The van der Waals surface area contributed by atoms with E-state index in [9.17, 15) is 22.3 Å². The number of hydrogen-bond acceptors (Lipinski definition) is 6. The summed E-state index contributed by atoms with van der Waals surface area (Å²) in [5.74, 6) is -3.05. The van der Waals surface area contributed by atoms with Gasteiger partial charge in [0.25, 0.3) is 0 Å². The minimum Gasteiger partial charge on any atom is -0.508 e. The van der Waals surface area contributed by atoms with Crippen molar-refractivity contribution in [2.75, 3.05) is 0 Å². The lowest BCUT2D eigenvalue weighted by molar-refractivity contribution is 0.376. The Kier molecular flexibility index (Phi) is 3.93. The van der Waals surface area contributed by atoms with Crippen LogP contribution in [0.1, 0.15) is 5.56 Å². The molecule has 0 spiro atoms. The van der Waals surface area contributed by atoms with Crippen LogP contribution < -0.4 is 4.18 Å². The minimum atomic E-state index is -4.88. The number of halogens is 2. The van der Waals surface area contributed by atoms with Crippen molar-refractivity contribution in [3.8, 4) is 23.0 Å². The van der Waals surface area contributed by atoms with Gasteiger partial charge in [0.15, 0.2) is 17.1 Å². The van der Waals surface area contributed by atoms with Crippen molar-refractivity contribution in [2.45, 2.75) is 0 Å². The average molecular weight is 369 g/mol. The van der Waals surface area contributed by atoms with Crippen LogP contribution in [-0.2, 0) is 10.4 Å². The van der Waals surface area contributed by atoms with E-state index in [4.69, 9.17) is 8.97 Å². The van der Waals surface area contributed by atoms with E-state index in [1.165, 1.54) is 12.1 Å². The van der Waals surface area contributed by atoms with Crippen LogP contribution in [0.4, 0.5) is 8.78 Å². The van der Waals surface area contributed by atoms with Crippen LogP contribution in [0.25, 0.3) is 28.4 Å². The molecule has 0 bridgehead atoms. The second-order valence-electron chi connectivity index (χ2n) is 4.92. The Balaban J connectivity index is 2.09. The van der Waals surface area contributed by atoms with E-state index < -0.39 is 27.8 Å². The van der Waals surface area contributed by atoms with Gasteiger partial charge >= 0.3 is 10.4 Å². The molecule has 3 rings (SSSR count). The normalized spacial score (nSPS) is 11.6. The fourth-order valence-electron chi connectivity index (χ4n) is 2.16. The molecule has 0 saturated carbocycles. The summed E-state index contributed by atoms with van der Waals surface area (Å²) in [6, 6.07) is 5.34. The highest BCUT2D eigenvalue weighted by Crippen LogP contribution is 2.34. The zero-order valence-electron chi connectivity index (χ0n) is 12.2. The Bertz CT molecular complexity index is 1110. The Morgan fingerprint density at radius 2 is 2.00 bits per heavy atom. The van der Waals surface area contributed by atoms with Gasteiger partial charge in [-0.25, -0.2) is 13.8 Å². The molecule has 0 aliphatic heterocycles. The molecule has 3 aromatic rings. The van der Waals surface area contributed by atoms with E-state index in [2.05, 4.69) is 15.7 Å². The molecule has 0 aliphatic carbocycles. The molecule has 0 radical (unpaired) electrons. The molecule has 2 aromatic carbocycles. The largest absolute Gasteiger partial charge is 0.508 e. The Labute approximate surface area is 139 Å². The van der Waals surface area contributed by atoms with Gasteiger partial charge < -0.3 is 13.7 Å². The molecule has 0 aliphatic rings. The molecule has 1 heterocycles. The third-order valence-corrected chi connectivity index (χ3v) is 3.53. The minimum absolute atomic E-state index is 0.000953. The maximum atomic E-state index is 13.9. The average Bonchev–Trinajstić information content (AvgIpc) is 2.90. The summed E-state index contributed by atoms with van der Waals surface area (Å²) in [5.41, 5.74) is 0.0910. The van der Waals surface area contributed by atoms with E-state index in [1.54, 1.807) is 0 Å². The fraction of sp³-hybridized carbons (Fsp3) is 0. The van der Waals surface area contributed by atoms with Gasteiger partial charge in [0.2, 0.25) is 5.89 Å². The van der Waals surface area contributed by atoms with Gasteiger partial charge in [-0.05, 0) is 24.3 Å². The summed E-state index contributed by atoms with van der Waals surface area (Å²) in [6.07, 6.45) is 0. The zero-order chi connectivity index (χ0) is 18.4. The van der Waals surface area contributed by atoms with Gasteiger partial charge in [-0.3, -0.25) is 4.55 Å². The molecule has 0 saturated heterocycles. The van der Waals surface area contributed by atoms with E-state index in [-0.39, 0.29) is 33.9 Å². The third kappa shape index (κ3) is 3.44. The molecular weight excluding hydrogens is 360 g/mol. The number of benzene rings is 2. The van der Waals surface area contributed by atoms with Crippen molar-refractivity contribution in [1.82, 2.24) is 4.98 Å². The van der Waals surface area contributed by atoms with Crippen LogP contribution in [0.3, 0.4) is 0 Å². The first-order valence-electron chi connectivity index (χ1n) is 6.59. The van der Waals surface area contributed by atoms with E-state index >= 15 is 0 Å². The first kappa shape index (κ1) is 16.9. The third-order valence-electron chi connectivity index (χ3n) is 3.14. The van der Waals surface area contributed by atoms with E-state index in [0.717, 1.165) is 18.2 Å². The van der Waals surface area contributed by atoms with Crippen LogP contribution in [-0.4, -0.2) is 23.1 Å². The summed E-state index contributed by atoms with van der Waals surface area (Å²) in [5, 5.41) is 9.58. The standard InChI is InChI=1S/C15H9F2NO6S/c1-7(16)10-5-9(19)6-12-14(10)23-15(18-12)8-2-3-13(11(17)4-8)24-25(20,21)22/h2-6,19H,1H2,(H,20,21,22). The number of phenolic OH excluding ortho intramolecular Hbond substituents is 1. The van der Waals surface area contributed by atoms with Gasteiger partial charge in [-0.2, -0.15) is 8.42 Å². The zero-order valence-corrected chi connectivity index (χ0v) is 13.0. The lowest BCUT2D eigenvalue weighted by Gasteiger charge is -2.03. The number of aromatic hydroxyl groups is 1. The quantitative estimate of drug-likeness (QED) is 0.678. The van der Waals surface area contributed by atoms with Crippen LogP contribution in [0, 0.1) is 5.82 Å². The van der Waals surface area contributed by atoms with Crippen molar-refractivity contribution in [3.05, 3.63) is 48.3 Å². The van der Waals surface area contributed by atoms with Crippen LogP contribution in [0.5, 0.6) is 11.5 Å². The molecular formula is C15H9F2NO6S. The lowest BCUT2D eigenvalue weighted by Crippen LogP contribution is -2.07. The van der Waals surface area contributed by atoms with Gasteiger partial charge in [-0.15, -0.1) is 0 Å². The summed E-state index contributed by atoms with van der Waals surface area (Å²) >= 11 is 0. The molecule has 0 amide bonds. The molecule has 130 valence electrons.